The van der Waals surface area contributed by atoms with Gasteiger partial charge in [-0.25, -0.2) is 8.78 Å². The fourth-order valence-electron chi connectivity index (χ4n) is 7.14. The molecule has 10 heteroatoms. The molecular weight excluding hydrogens is 564 g/mol. The second-order valence-corrected chi connectivity index (χ2v) is 12.6. The number of hydrogen-bond acceptors (Lipinski definition) is 8. The van der Waals surface area contributed by atoms with E-state index in [0.717, 1.165) is 24.9 Å². The molecule has 4 heterocycles. The molecule has 3 fully saturated rings. The number of fused-ring (bicyclic) bond motifs is 4. The van der Waals surface area contributed by atoms with Crippen molar-refractivity contribution >= 4 is 27.5 Å². The van der Waals surface area contributed by atoms with Gasteiger partial charge in [0.15, 0.2) is 5.82 Å². The van der Waals surface area contributed by atoms with Crippen LogP contribution in [0.3, 0.4) is 0 Å². The van der Waals surface area contributed by atoms with Crippen LogP contribution in [-0.2, 0) is 11.2 Å². The van der Waals surface area contributed by atoms with Gasteiger partial charge >= 0.3 is 6.01 Å². The maximum absolute atomic E-state index is 16.8. The van der Waals surface area contributed by atoms with Gasteiger partial charge in [0.2, 0.25) is 0 Å². The summed E-state index contributed by atoms with van der Waals surface area (Å²) in [5.74, 6) is -1.12. The highest BCUT2D eigenvalue weighted by Gasteiger charge is 2.35. The molecule has 3 aromatic carbocycles. The number of aryl methyl sites for hydroxylation is 1. The Hall–Kier alpha value is -3.60. The Labute approximate surface area is 256 Å². The van der Waals surface area contributed by atoms with Gasteiger partial charge in [0.1, 0.15) is 35.6 Å². The second kappa shape index (κ2) is 11.7. The Morgan fingerprint density at radius 1 is 1.09 bits per heavy atom. The number of nitrogens with one attached hydrogen (secondary N) is 1. The first-order chi connectivity index (χ1) is 21.3. The van der Waals surface area contributed by atoms with Gasteiger partial charge in [-0.05, 0) is 73.2 Å². The van der Waals surface area contributed by atoms with Gasteiger partial charge in [0.25, 0.3) is 0 Å². The predicted molar refractivity (Wildman–Crippen MR) is 168 cm³/mol. The van der Waals surface area contributed by atoms with E-state index in [1.807, 2.05) is 25.1 Å². The summed E-state index contributed by atoms with van der Waals surface area (Å²) >= 11 is 0. The van der Waals surface area contributed by atoms with Crippen LogP contribution in [0, 0.1) is 11.6 Å². The number of phenols is 1. The van der Waals surface area contributed by atoms with E-state index in [9.17, 15) is 5.11 Å². The maximum atomic E-state index is 16.8. The molecule has 2 unspecified atom stereocenters. The van der Waals surface area contributed by atoms with Gasteiger partial charge in [0, 0.05) is 49.7 Å². The van der Waals surface area contributed by atoms with Crippen LogP contribution >= 0.6 is 0 Å². The van der Waals surface area contributed by atoms with Crippen LogP contribution in [0.5, 0.6) is 11.8 Å². The van der Waals surface area contributed by atoms with Crippen molar-refractivity contribution in [3.05, 3.63) is 53.6 Å². The topological polar surface area (TPSA) is 83.0 Å². The fourth-order valence-corrected chi connectivity index (χ4v) is 7.14. The van der Waals surface area contributed by atoms with Crippen LogP contribution in [0.25, 0.3) is 32.8 Å². The van der Waals surface area contributed by atoms with Crippen molar-refractivity contribution in [2.45, 2.75) is 64.3 Å². The average molecular weight is 604 g/mol. The van der Waals surface area contributed by atoms with E-state index in [-0.39, 0.29) is 35.6 Å². The number of phenolic OH excluding ortho intramolecular Hbond substituents is 1. The highest BCUT2D eigenvalue weighted by molar-refractivity contribution is 6.03. The largest absolute Gasteiger partial charge is 0.508 e. The number of ether oxygens (including phenoxy) is 2. The molecule has 0 radical (unpaired) electrons. The SMILES string of the molecule is CCc1cccc2cc(O)cc(-c3c(F)cc4c(N5CC6CCC(C5)N6)nc(OC[C@H]5CN(C(C)C)CCO5)nc4c3F)c12. The maximum Gasteiger partial charge on any atom is 0.319 e. The minimum absolute atomic E-state index is 0.00822. The van der Waals surface area contributed by atoms with Crippen molar-refractivity contribution < 1.29 is 23.4 Å². The van der Waals surface area contributed by atoms with Crippen LogP contribution in [0.4, 0.5) is 14.6 Å². The first kappa shape index (κ1) is 29.1. The fraction of sp³-hybridized carbons (Fsp3) is 0.471. The van der Waals surface area contributed by atoms with Crippen LogP contribution in [0.1, 0.15) is 39.2 Å². The Balaban J connectivity index is 1.35. The zero-order chi connectivity index (χ0) is 30.5. The summed E-state index contributed by atoms with van der Waals surface area (Å²) in [7, 11) is 0. The second-order valence-electron chi connectivity index (χ2n) is 12.6. The molecule has 0 aliphatic carbocycles. The van der Waals surface area contributed by atoms with Crippen molar-refractivity contribution in [1.29, 1.82) is 0 Å². The molecular formula is C34H39F2N5O3. The van der Waals surface area contributed by atoms with E-state index < -0.39 is 11.6 Å². The molecule has 232 valence electrons. The molecule has 0 spiro atoms. The molecule has 3 aliphatic heterocycles. The minimum Gasteiger partial charge on any atom is -0.508 e. The monoisotopic (exact) mass is 603 g/mol. The van der Waals surface area contributed by atoms with Gasteiger partial charge in [-0.3, -0.25) is 4.90 Å². The number of morpholine rings is 1. The van der Waals surface area contributed by atoms with Crippen molar-refractivity contribution in [1.82, 2.24) is 20.2 Å². The summed E-state index contributed by atoms with van der Waals surface area (Å²) in [6.07, 6.45) is 2.59. The highest BCUT2D eigenvalue weighted by atomic mass is 19.1. The van der Waals surface area contributed by atoms with E-state index in [1.54, 1.807) is 6.07 Å². The molecule has 2 N–H and O–H groups in total. The minimum atomic E-state index is -0.802. The number of benzene rings is 3. The summed E-state index contributed by atoms with van der Waals surface area (Å²) in [6.45, 7) is 10.1. The van der Waals surface area contributed by atoms with Crippen molar-refractivity contribution in [2.24, 2.45) is 0 Å². The van der Waals surface area contributed by atoms with Gasteiger partial charge in [0.05, 0.1) is 12.2 Å². The standard InChI is InChI=1S/C34H39F2N5O3/c1-4-20-6-5-7-21-12-24(42)13-26(29(20)21)30-28(35)14-27-32(31(30)36)38-34(44-18-25-17-40(19(2)3)10-11-43-25)39-33(27)41-15-22-8-9-23(16-41)37-22/h5-7,12-14,19,22-23,25,37,42H,4,8-11,15-18H2,1-3H3/t22?,23?,25-/m1/s1. The lowest BCUT2D eigenvalue weighted by Crippen LogP contribution is -2.51. The van der Waals surface area contributed by atoms with Crippen molar-refractivity contribution in [3.8, 4) is 22.9 Å². The van der Waals surface area contributed by atoms with Gasteiger partial charge in [-0.2, -0.15) is 9.97 Å². The first-order valence-corrected chi connectivity index (χ1v) is 15.7. The lowest BCUT2D eigenvalue weighted by molar-refractivity contribution is -0.0575. The number of hydrogen-bond donors (Lipinski definition) is 2. The lowest BCUT2D eigenvalue weighted by Gasteiger charge is -2.35. The average Bonchev–Trinajstić information content (AvgIpc) is 3.36. The smallest absolute Gasteiger partial charge is 0.319 e. The zero-order valence-electron chi connectivity index (χ0n) is 25.4. The summed E-state index contributed by atoms with van der Waals surface area (Å²) in [4.78, 5) is 13.7. The molecule has 44 heavy (non-hydrogen) atoms. The number of aromatic nitrogens is 2. The van der Waals surface area contributed by atoms with E-state index in [1.165, 1.54) is 12.1 Å². The molecule has 0 saturated carbocycles. The number of piperazine rings is 1. The molecule has 3 atom stereocenters. The lowest BCUT2D eigenvalue weighted by atomic mass is 9.92. The summed E-state index contributed by atoms with van der Waals surface area (Å²) in [5, 5.41) is 15.9. The quantitative estimate of drug-likeness (QED) is 0.290. The number of anilines is 1. The van der Waals surface area contributed by atoms with E-state index >= 15 is 8.78 Å². The molecule has 3 saturated heterocycles. The molecule has 8 nitrogen and oxygen atoms in total. The molecule has 2 bridgehead atoms. The third-order valence-electron chi connectivity index (χ3n) is 9.36. The Kier molecular flexibility index (Phi) is 7.76. The molecule has 4 aromatic rings. The third kappa shape index (κ3) is 5.33. The van der Waals surface area contributed by atoms with Crippen LogP contribution in [-0.4, -0.2) is 83.6 Å². The number of halogens is 2. The van der Waals surface area contributed by atoms with Gasteiger partial charge in [-0.1, -0.05) is 25.1 Å². The predicted octanol–water partition coefficient (Wildman–Crippen LogP) is 5.42. The van der Waals surface area contributed by atoms with Gasteiger partial charge < -0.3 is 24.8 Å². The zero-order valence-corrected chi connectivity index (χ0v) is 25.4. The van der Waals surface area contributed by atoms with E-state index in [2.05, 4.69) is 33.9 Å². The van der Waals surface area contributed by atoms with Crippen LogP contribution in [0.15, 0.2) is 36.4 Å². The molecule has 3 aliphatic rings. The normalized spacial score (nSPS) is 22.4. The summed E-state index contributed by atoms with van der Waals surface area (Å²) in [5.41, 5.74) is 0.995. The Morgan fingerprint density at radius 3 is 2.64 bits per heavy atom. The number of aromatic hydroxyl groups is 1. The van der Waals surface area contributed by atoms with E-state index in [0.29, 0.717) is 78.3 Å². The Bertz CT molecular complexity index is 1700. The molecule has 7 rings (SSSR count). The first-order valence-electron chi connectivity index (χ1n) is 15.7. The third-order valence-corrected chi connectivity index (χ3v) is 9.36. The van der Waals surface area contributed by atoms with Crippen molar-refractivity contribution in [3.63, 3.8) is 0 Å². The van der Waals surface area contributed by atoms with E-state index in [4.69, 9.17) is 14.5 Å². The Morgan fingerprint density at radius 2 is 1.89 bits per heavy atom. The van der Waals surface area contributed by atoms with Gasteiger partial charge in [-0.15, -0.1) is 0 Å². The number of nitrogens with zero attached hydrogens (tertiary/aromatic N) is 4. The summed E-state index contributed by atoms with van der Waals surface area (Å²) < 4.78 is 45.1. The van der Waals surface area contributed by atoms with Crippen LogP contribution < -0.4 is 15.0 Å². The highest BCUT2D eigenvalue weighted by Crippen LogP contribution is 2.41. The molecule has 1 aromatic heterocycles. The number of rotatable bonds is 7. The summed E-state index contributed by atoms with van der Waals surface area (Å²) in [6, 6.07) is 11.1. The molecule has 0 amide bonds. The van der Waals surface area contributed by atoms with Crippen molar-refractivity contribution in [2.75, 3.05) is 44.3 Å². The van der Waals surface area contributed by atoms with Crippen LogP contribution in [0.2, 0.25) is 0 Å².